The molecule has 0 fully saturated rings. The third kappa shape index (κ3) is 3.66. The van der Waals surface area contributed by atoms with Crippen molar-refractivity contribution in [3.05, 3.63) is 54.1 Å². The van der Waals surface area contributed by atoms with Crippen LogP contribution in [0.25, 0.3) is 0 Å². The molecule has 2 aromatic carbocycles. The van der Waals surface area contributed by atoms with Crippen LogP contribution in [0.5, 0.6) is 17.2 Å². The largest absolute Gasteiger partial charge is 0.508 e. The summed E-state index contributed by atoms with van der Waals surface area (Å²) in [4.78, 5) is 11.4. The van der Waals surface area contributed by atoms with Crippen molar-refractivity contribution < 1.29 is 24.5 Å². The smallest absolute Gasteiger partial charge is 0.314 e. The van der Waals surface area contributed by atoms with E-state index in [2.05, 4.69) is 0 Å². The first-order valence-electron chi connectivity index (χ1n) is 6.39. The maximum atomic E-state index is 11.4. The molecule has 110 valence electrons. The lowest BCUT2D eigenvalue weighted by Gasteiger charge is -2.15. The molecular formula is C16H16O5. The monoisotopic (exact) mass is 288 g/mol. The Kier molecular flexibility index (Phi) is 4.66. The molecule has 2 N–H and O–H groups in total. The molecule has 0 heterocycles. The highest BCUT2D eigenvalue weighted by atomic mass is 16.5. The van der Waals surface area contributed by atoms with E-state index in [0.29, 0.717) is 17.1 Å². The second-order valence-electron chi connectivity index (χ2n) is 4.44. The molecule has 0 aliphatic carbocycles. The summed E-state index contributed by atoms with van der Waals surface area (Å²) in [5, 5.41) is 18.6. The Morgan fingerprint density at radius 3 is 2.29 bits per heavy atom. The Balaban J connectivity index is 2.14. The van der Waals surface area contributed by atoms with Crippen LogP contribution in [0, 0.1) is 0 Å². The van der Waals surface area contributed by atoms with Crippen LogP contribution in [0.1, 0.15) is 11.5 Å². The van der Waals surface area contributed by atoms with Gasteiger partial charge in [0.25, 0.3) is 0 Å². The fourth-order valence-corrected chi connectivity index (χ4v) is 1.93. The molecule has 0 radical (unpaired) electrons. The van der Waals surface area contributed by atoms with E-state index in [1.165, 1.54) is 19.2 Å². The van der Waals surface area contributed by atoms with Gasteiger partial charge in [-0.05, 0) is 29.8 Å². The predicted molar refractivity (Wildman–Crippen MR) is 77.0 cm³/mol. The van der Waals surface area contributed by atoms with Crippen LogP contribution in [0.3, 0.4) is 0 Å². The van der Waals surface area contributed by atoms with Crippen molar-refractivity contribution in [1.29, 1.82) is 0 Å². The minimum atomic E-state index is -0.990. The van der Waals surface area contributed by atoms with E-state index in [1.54, 1.807) is 36.4 Å². The quantitative estimate of drug-likeness (QED) is 0.854. The topological polar surface area (TPSA) is 76.0 Å². The number of aromatic hydroxyl groups is 1. The summed E-state index contributed by atoms with van der Waals surface area (Å²) in [5.41, 5.74) is 0.565. The number of phenolic OH excluding ortho intramolecular Hbond substituents is 1. The first-order valence-corrected chi connectivity index (χ1v) is 6.39. The Hall–Kier alpha value is -2.69. The highest BCUT2D eigenvalue weighted by molar-refractivity contribution is 5.76. The third-order valence-electron chi connectivity index (χ3n) is 3.07. The number of rotatable bonds is 6. The minimum absolute atomic E-state index is 0.0273. The van der Waals surface area contributed by atoms with Crippen LogP contribution < -0.4 is 9.47 Å². The van der Waals surface area contributed by atoms with Crippen LogP contribution in [0.4, 0.5) is 0 Å². The van der Waals surface area contributed by atoms with Gasteiger partial charge in [-0.25, -0.2) is 0 Å². The number of carboxylic acid groups (broad SMARTS) is 1. The lowest BCUT2D eigenvalue weighted by atomic mass is 10.0. The molecule has 0 aromatic heterocycles. The van der Waals surface area contributed by atoms with Gasteiger partial charge in [0.15, 0.2) is 11.5 Å². The van der Waals surface area contributed by atoms with Gasteiger partial charge in [0.2, 0.25) is 0 Å². The van der Waals surface area contributed by atoms with Crippen LogP contribution in [-0.4, -0.2) is 29.9 Å². The number of hydrogen-bond acceptors (Lipinski definition) is 4. The summed E-state index contributed by atoms with van der Waals surface area (Å²) in [6.07, 6.45) is 0. The molecule has 0 saturated heterocycles. The van der Waals surface area contributed by atoms with Gasteiger partial charge >= 0.3 is 5.97 Å². The number of carbonyl (C=O) groups is 1. The van der Waals surface area contributed by atoms with E-state index in [9.17, 15) is 15.0 Å². The lowest BCUT2D eigenvalue weighted by Crippen LogP contribution is -2.19. The van der Waals surface area contributed by atoms with Crippen molar-refractivity contribution in [2.24, 2.45) is 0 Å². The highest BCUT2D eigenvalue weighted by Crippen LogP contribution is 2.28. The summed E-state index contributed by atoms with van der Waals surface area (Å²) in [7, 11) is 1.52. The molecule has 2 rings (SSSR count). The van der Waals surface area contributed by atoms with Crippen molar-refractivity contribution in [3.63, 3.8) is 0 Å². The van der Waals surface area contributed by atoms with Gasteiger partial charge in [-0.2, -0.15) is 0 Å². The molecule has 5 nitrogen and oxygen atoms in total. The zero-order valence-electron chi connectivity index (χ0n) is 11.5. The van der Waals surface area contributed by atoms with Crippen LogP contribution >= 0.6 is 0 Å². The fraction of sp³-hybridized carbons (Fsp3) is 0.188. The standard InChI is InChI=1S/C16H16O5/c1-20-14-4-2-3-5-15(14)21-10-13(16(18)19)11-6-8-12(17)9-7-11/h2-9,13,17H,10H2,1H3,(H,18,19). The summed E-state index contributed by atoms with van der Waals surface area (Å²) in [6, 6.07) is 13.1. The molecule has 0 aliphatic rings. The zero-order chi connectivity index (χ0) is 15.2. The van der Waals surface area contributed by atoms with E-state index in [-0.39, 0.29) is 12.4 Å². The average molecular weight is 288 g/mol. The van der Waals surface area contributed by atoms with Gasteiger partial charge in [0, 0.05) is 0 Å². The number of ether oxygens (including phenoxy) is 2. The second-order valence-corrected chi connectivity index (χ2v) is 4.44. The maximum absolute atomic E-state index is 11.4. The van der Waals surface area contributed by atoms with E-state index in [1.807, 2.05) is 0 Å². The SMILES string of the molecule is COc1ccccc1OCC(C(=O)O)c1ccc(O)cc1. The number of phenols is 1. The molecular weight excluding hydrogens is 272 g/mol. The number of aliphatic carboxylic acids is 1. The van der Waals surface area contributed by atoms with Gasteiger partial charge in [0.1, 0.15) is 18.3 Å². The third-order valence-corrected chi connectivity index (χ3v) is 3.07. The lowest BCUT2D eigenvalue weighted by molar-refractivity contribution is -0.139. The molecule has 0 aliphatic heterocycles. The van der Waals surface area contributed by atoms with E-state index in [0.717, 1.165) is 0 Å². The minimum Gasteiger partial charge on any atom is -0.508 e. The molecule has 1 unspecified atom stereocenters. The number of methoxy groups -OCH3 is 1. The van der Waals surface area contributed by atoms with E-state index < -0.39 is 11.9 Å². The van der Waals surface area contributed by atoms with Gasteiger partial charge in [0.05, 0.1) is 7.11 Å². The van der Waals surface area contributed by atoms with E-state index >= 15 is 0 Å². The second kappa shape index (κ2) is 6.65. The Morgan fingerprint density at radius 1 is 1.10 bits per heavy atom. The molecule has 0 bridgehead atoms. The number of carboxylic acids is 1. The Bertz CT molecular complexity index is 606. The zero-order valence-corrected chi connectivity index (χ0v) is 11.5. The van der Waals surface area contributed by atoms with E-state index in [4.69, 9.17) is 9.47 Å². The van der Waals surface area contributed by atoms with Crippen molar-refractivity contribution in [2.45, 2.75) is 5.92 Å². The predicted octanol–water partition coefficient (Wildman–Crippen LogP) is 2.65. The number of para-hydroxylation sites is 2. The summed E-state index contributed by atoms with van der Waals surface area (Å²) in [6.45, 7) is -0.0273. The first-order chi connectivity index (χ1) is 10.1. The summed E-state index contributed by atoms with van der Waals surface area (Å²) in [5.74, 6) is -0.683. The normalized spacial score (nSPS) is 11.7. The molecule has 0 saturated carbocycles. The van der Waals surface area contributed by atoms with Gasteiger partial charge < -0.3 is 19.7 Å². The van der Waals surface area contributed by atoms with Gasteiger partial charge in [-0.3, -0.25) is 4.79 Å². The molecule has 0 amide bonds. The Morgan fingerprint density at radius 2 is 1.71 bits per heavy atom. The maximum Gasteiger partial charge on any atom is 0.314 e. The highest BCUT2D eigenvalue weighted by Gasteiger charge is 2.21. The molecule has 0 spiro atoms. The van der Waals surface area contributed by atoms with Crippen molar-refractivity contribution in [2.75, 3.05) is 13.7 Å². The van der Waals surface area contributed by atoms with Crippen LogP contribution in [-0.2, 0) is 4.79 Å². The van der Waals surface area contributed by atoms with Gasteiger partial charge in [-0.1, -0.05) is 24.3 Å². The first kappa shape index (κ1) is 14.7. The fourth-order valence-electron chi connectivity index (χ4n) is 1.93. The molecule has 21 heavy (non-hydrogen) atoms. The summed E-state index contributed by atoms with van der Waals surface area (Å²) < 4.78 is 10.7. The van der Waals surface area contributed by atoms with Crippen LogP contribution in [0.2, 0.25) is 0 Å². The Labute approximate surface area is 122 Å². The van der Waals surface area contributed by atoms with Crippen molar-refractivity contribution in [1.82, 2.24) is 0 Å². The average Bonchev–Trinajstić information content (AvgIpc) is 2.49. The molecule has 1 atom stereocenters. The number of hydrogen-bond donors (Lipinski definition) is 2. The number of benzene rings is 2. The summed E-state index contributed by atoms with van der Waals surface area (Å²) >= 11 is 0. The van der Waals surface area contributed by atoms with Crippen molar-refractivity contribution in [3.8, 4) is 17.2 Å². The van der Waals surface area contributed by atoms with Gasteiger partial charge in [-0.15, -0.1) is 0 Å². The van der Waals surface area contributed by atoms with Crippen molar-refractivity contribution >= 4 is 5.97 Å². The molecule has 5 heteroatoms. The van der Waals surface area contributed by atoms with Crippen LogP contribution in [0.15, 0.2) is 48.5 Å². The molecule has 2 aromatic rings.